The van der Waals surface area contributed by atoms with Crippen molar-refractivity contribution in [3.8, 4) is 0 Å². The molecule has 0 spiro atoms. The number of imidazole rings is 1. The lowest BCUT2D eigenvalue weighted by atomic mass is 10.1. The Morgan fingerprint density at radius 1 is 1.25 bits per heavy atom. The van der Waals surface area contributed by atoms with E-state index in [1.807, 2.05) is 43.5 Å². The lowest BCUT2D eigenvalue weighted by Gasteiger charge is -2.14. The van der Waals surface area contributed by atoms with Gasteiger partial charge < -0.3 is 10.1 Å². The molecule has 8 nitrogen and oxygen atoms in total. The van der Waals surface area contributed by atoms with E-state index in [1.165, 1.54) is 6.92 Å². The number of aromatic nitrogens is 2. The van der Waals surface area contributed by atoms with Crippen molar-refractivity contribution < 1.29 is 14.3 Å². The zero-order valence-electron chi connectivity index (χ0n) is 15.8. The molecule has 2 aromatic rings. The number of carbonyl (C=O) groups is 2. The summed E-state index contributed by atoms with van der Waals surface area (Å²) >= 11 is 0. The quantitative estimate of drug-likeness (QED) is 0.853. The average molecular weight is 382 g/mol. The zero-order chi connectivity index (χ0) is 19.8. The molecule has 2 aliphatic heterocycles. The molecule has 4 rings (SSSR count). The van der Waals surface area contributed by atoms with Crippen LogP contribution in [-0.4, -0.2) is 40.3 Å². The van der Waals surface area contributed by atoms with Gasteiger partial charge in [0.15, 0.2) is 0 Å². The van der Waals surface area contributed by atoms with E-state index in [-0.39, 0.29) is 17.7 Å². The van der Waals surface area contributed by atoms with Gasteiger partial charge in [0.1, 0.15) is 6.10 Å². The monoisotopic (exact) mass is 382 g/mol. The van der Waals surface area contributed by atoms with Crippen molar-refractivity contribution in [2.75, 3.05) is 18.0 Å². The van der Waals surface area contributed by atoms with Crippen LogP contribution >= 0.6 is 0 Å². The van der Waals surface area contributed by atoms with Crippen LogP contribution in [0.25, 0.3) is 11.6 Å². The van der Waals surface area contributed by atoms with E-state index >= 15 is 0 Å². The second-order valence-electron chi connectivity index (χ2n) is 6.98. The number of nitrogens with one attached hydrogen (secondary N) is 1. The number of nitrogens with zero attached hydrogens (tertiary/aromatic N) is 3. The van der Waals surface area contributed by atoms with Crippen molar-refractivity contribution in [1.29, 1.82) is 0 Å². The molecule has 2 aliphatic rings. The molecule has 0 bridgehead atoms. The molecule has 28 heavy (non-hydrogen) atoms. The van der Waals surface area contributed by atoms with Crippen molar-refractivity contribution in [3.05, 3.63) is 52.2 Å². The second-order valence-corrected chi connectivity index (χ2v) is 6.98. The Labute approximate surface area is 162 Å². The third-order valence-electron chi connectivity index (χ3n) is 5.07. The van der Waals surface area contributed by atoms with E-state index < -0.39 is 6.09 Å². The van der Waals surface area contributed by atoms with Crippen LogP contribution in [0.5, 0.6) is 0 Å². The number of benzene rings is 1. The lowest BCUT2D eigenvalue weighted by molar-refractivity contribution is -0.119. The van der Waals surface area contributed by atoms with Crippen molar-refractivity contribution in [2.24, 2.45) is 0 Å². The SMILES string of the molecule is CCn1cc2n(c1=O)CC(c1ccc(N3C[C@H](CNC(C)=O)OC3=O)cc1)=C2. The largest absolute Gasteiger partial charge is 0.442 e. The first-order valence-corrected chi connectivity index (χ1v) is 9.30. The fraction of sp³-hybridized carbons (Fsp3) is 0.350. The van der Waals surface area contributed by atoms with Crippen molar-refractivity contribution in [2.45, 2.75) is 33.0 Å². The first-order chi connectivity index (χ1) is 13.5. The van der Waals surface area contributed by atoms with Crippen LogP contribution in [0, 0.1) is 0 Å². The van der Waals surface area contributed by atoms with Crippen LogP contribution in [-0.2, 0) is 22.6 Å². The number of anilines is 1. The standard InChI is InChI=1S/C20H22N4O4/c1-3-22-11-17-8-15(10-23(17)19(22)26)14-4-6-16(7-5-14)24-12-18(28-20(24)27)9-21-13(2)25/h4-8,11,18H,3,9-10,12H2,1-2H3,(H,21,25)/t18-/m0/s1. The molecule has 0 unspecified atom stereocenters. The summed E-state index contributed by atoms with van der Waals surface area (Å²) < 4.78 is 8.75. The van der Waals surface area contributed by atoms with Gasteiger partial charge in [0.2, 0.25) is 5.91 Å². The summed E-state index contributed by atoms with van der Waals surface area (Å²) in [6.07, 6.45) is 3.12. The Balaban J connectivity index is 1.47. The van der Waals surface area contributed by atoms with Gasteiger partial charge >= 0.3 is 11.8 Å². The maximum Gasteiger partial charge on any atom is 0.414 e. The average Bonchev–Trinajstić information content (AvgIpc) is 3.34. The van der Waals surface area contributed by atoms with Crippen LogP contribution < -0.4 is 15.9 Å². The molecule has 1 N–H and O–H groups in total. The molecule has 1 saturated heterocycles. The van der Waals surface area contributed by atoms with Gasteiger partial charge in [-0.3, -0.25) is 18.8 Å². The Morgan fingerprint density at radius 3 is 2.64 bits per heavy atom. The number of cyclic esters (lactones) is 1. The van der Waals surface area contributed by atoms with E-state index in [0.29, 0.717) is 26.2 Å². The molecule has 1 aromatic carbocycles. The summed E-state index contributed by atoms with van der Waals surface area (Å²) in [7, 11) is 0. The first-order valence-electron chi connectivity index (χ1n) is 9.30. The van der Waals surface area contributed by atoms with Gasteiger partial charge in [0, 0.05) is 25.4 Å². The van der Waals surface area contributed by atoms with Crippen molar-refractivity contribution in [1.82, 2.24) is 14.5 Å². The summed E-state index contributed by atoms with van der Waals surface area (Å²) in [6.45, 7) is 5.28. The molecular formula is C20H22N4O4. The van der Waals surface area contributed by atoms with Crippen LogP contribution in [0.15, 0.2) is 35.3 Å². The Kier molecular flexibility index (Phi) is 4.54. The zero-order valence-corrected chi connectivity index (χ0v) is 15.8. The molecule has 3 heterocycles. The number of rotatable bonds is 5. The molecule has 0 radical (unpaired) electrons. The molecule has 2 amide bonds. The normalized spacial score (nSPS) is 18.1. The molecular weight excluding hydrogens is 360 g/mol. The Morgan fingerprint density at radius 2 is 2.00 bits per heavy atom. The molecule has 1 aromatic heterocycles. The van der Waals surface area contributed by atoms with Gasteiger partial charge in [-0.1, -0.05) is 12.1 Å². The van der Waals surface area contributed by atoms with E-state index in [4.69, 9.17) is 4.74 Å². The van der Waals surface area contributed by atoms with Crippen LogP contribution in [0.4, 0.5) is 10.5 Å². The highest BCUT2D eigenvalue weighted by Crippen LogP contribution is 2.28. The number of hydrogen-bond donors (Lipinski definition) is 1. The van der Waals surface area contributed by atoms with Gasteiger partial charge in [-0.2, -0.15) is 0 Å². The predicted octanol–water partition coefficient (Wildman–Crippen LogP) is 1.69. The van der Waals surface area contributed by atoms with Crippen LogP contribution in [0.1, 0.15) is 25.1 Å². The summed E-state index contributed by atoms with van der Waals surface area (Å²) in [6, 6.07) is 7.63. The lowest BCUT2D eigenvalue weighted by Crippen LogP contribution is -2.33. The number of ether oxygens (including phenoxy) is 1. The third-order valence-corrected chi connectivity index (χ3v) is 5.07. The summed E-state index contributed by atoms with van der Waals surface area (Å²) in [5, 5.41) is 2.67. The molecule has 1 fully saturated rings. The minimum atomic E-state index is -0.417. The predicted molar refractivity (Wildman–Crippen MR) is 105 cm³/mol. The summed E-state index contributed by atoms with van der Waals surface area (Å²) in [5.41, 5.74) is 3.73. The van der Waals surface area contributed by atoms with E-state index in [1.54, 1.807) is 14.0 Å². The smallest absolute Gasteiger partial charge is 0.414 e. The van der Waals surface area contributed by atoms with Gasteiger partial charge in [-0.25, -0.2) is 9.59 Å². The second kappa shape index (κ2) is 7.03. The number of allylic oxidation sites excluding steroid dienone is 1. The number of aryl methyl sites for hydroxylation is 1. The molecule has 0 aliphatic carbocycles. The number of fused-ring (bicyclic) bond motifs is 1. The first kappa shape index (κ1) is 18.1. The van der Waals surface area contributed by atoms with E-state index in [9.17, 15) is 14.4 Å². The molecule has 146 valence electrons. The minimum absolute atomic E-state index is 0.00499. The summed E-state index contributed by atoms with van der Waals surface area (Å²) in [5.74, 6) is -0.153. The molecule has 8 heteroatoms. The van der Waals surface area contributed by atoms with Crippen LogP contribution in [0.3, 0.4) is 0 Å². The van der Waals surface area contributed by atoms with Gasteiger partial charge in [0.05, 0.1) is 25.3 Å². The third kappa shape index (κ3) is 3.21. The van der Waals surface area contributed by atoms with Crippen LogP contribution in [0.2, 0.25) is 0 Å². The van der Waals surface area contributed by atoms with E-state index in [0.717, 1.165) is 22.5 Å². The van der Waals surface area contributed by atoms with Crippen molar-refractivity contribution in [3.63, 3.8) is 0 Å². The topological polar surface area (TPSA) is 85.6 Å². The number of amides is 2. The highest BCUT2D eigenvalue weighted by Gasteiger charge is 2.32. The van der Waals surface area contributed by atoms with Gasteiger partial charge in [-0.15, -0.1) is 0 Å². The summed E-state index contributed by atoms with van der Waals surface area (Å²) in [4.78, 5) is 37.0. The number of carbonyl (C=O) groups excluding carboxylic acids is 2. The highest BCUT2D eigenvalue weighted by atomic mass is 16.6. The number of hydrogen-bond acceptors (Lipinski definition) is 4. The van der Waals surface area contributed by atoms with Gasteiger partial charge in [0.25, 0.3) is 0 Å². The molecule has 0 saturated carbocycles. The van der Waals surface area contributed by atoms with Gasteiger partial charge in [-0.05, 0) is 36.3 Å². The Hall–Kier alpha value is -3.29. The maximum absolute atomic E-state index is 12.3. The Bertz CT molecular complexity index is 1020. The van der Waals surface area contributed by atoms with Crippen molar-refractivity contribution >= 4 is 29.3 Å². The minimum Gasteiger partial charge on any atom is -0.442 e. The van der Waals surface area contributed by atoms with E-state index in [2.05, 4.69) is 5.32 Å². The highest BCUT2D eigenvalue weighted by molar-refractivity contribution is 5.90. The maximum atomic E-state index is 12.3. The fourth-order valence-electron chi connectivity index (χ4n) is 3.57. The fourth-order valence-corrected chi connectivity index (χ4v) is 3.57. The molecule has 1 atom stereocenters.